The molecule has 0 aliphatic heterocycles. The van der Waals surface area contributed by atoms with Crippen LogP contribution in [0.3, 0.4) is 0 Å². The second-order valence-electron chi connectivity index (χ2n) is 4.87. The van der Waals surface area contributed by atoms with Gasteiger partial charge in [0.05, 0.1) is 6.61 Å². The lowest BCUT2D eigenvalue weighted by Crippen LogP contribution is -2.15. The zero-order chi connectivity index (χ0) is 15.7. The van der Waals surface area contributed by atoms with Crippen molar-refractivity contribution in [1.82, 2.24) is 0 Å². The van der Waals surface area contributed by atoms with E-state index >= 15 is 0 Å². The van der Waals surface area contributed by atoms with E-state index < -0.39 is 0 Å². The molecule has 1 unspecified atom stereocenters. The molecule has 2 aliphatic rings. The SMILES string of the molecule is C/C=C/C1=CC(COC)=CC2=CC=C/C(=C/CC)C21.CC. The van der Waals surface area contributed by atoms with E-state index in [0.717, 1.165) is 6.42 Å². The van der Waals surface area contributed by atoms with E-state index in [1.54, 1.807) is 7.11 Å². The summed E-state index contributed by atoms with van der Waals surface area (Å²) in [5.41, 5.74) is 5.36. The minimum absolute atomic E-state index is 0.391. The Morgan fingerprint density at radius 1 is 1.24 bits per heavy atom. The lowest BCUT2D eigenvalue weighted by atomic mass is 9.76. The normalized spacial score (nSPS) is 22.2. The summed E-state index contributed by atoms with van der Waals surface area (Å²) < 4.78 is 5.27. The van der Waals surface area contributed by atoms with Crippen LogP contribution in [0.5, 0.6) is 0 Å². The zero-order valence-corrected chi connectivity index (χ0v) is 14.0. The van der Waals surface area contributed by atoms with Crippen molar-refractivity contribution in [2.24, 2.45) is 5.92 Å². The average Bonchev–Trinajstić information content (AvgIpc) is 2.50. The Morgan fingerprint density at radius 2 is 2.00 bits per heavy atom. The molecule has 0 N–H and O–H groups in total. The van der Waals surface area contributed by atoms with E-state index in [0.29, 0.717) is 12.5 Å². The molecule has 0 fully saturated rings. The molecule has 2 rings (SSSR count). The van der Waals surface area contributed by atoms with Gasteiger partial charge in [0.2, 0.25) is 0 Å². The third-order valence-electron chi connectivity index (χ3n) is 3.39. The number of hydrogen-bond donors (Lipinski definition) is 0. The molecule has 2 aliphatic carbocycles. The van der Waals surface area contributed by atoms with Gasteiger partial charge in [-0.05, 0) is 35.6 Å². The molecule has 0 saturated heterocycles. The molecular formula is C20H28O. The predicted molar refractivity (Wildman–Crippen MR) is 93.3 cm³/mol. The fraction of sp³-hybridized carbons (Fsp3) is 0.400. The number of methoxy groups -OCH3 is 1. The molecule has 0 heterocycles. The van der Waals surface area contributed by atoms with Gasteiger partial charge in [0.25, 0.3) is 0 Å². The van der Waals surface area contributed by atoms with Crippen LogP contribution < -0.4 is 0 Å². The van der Waals surface area contributed by atoms with Gasteiger partial charge >= 0.3 is 0 Å². The summed E-state index contributed by atoms with van der Waals surface area (Å²) in [6.45, 7) is 8.93. The topological polar surface area (TPSA) is 9.23 Å². The fourth-order valence-corrected chi connectivity index (χ4v) is 2.73. The Bertz CT molecular complexity index is 510. The van der Waals surface area contributed by atoms with Crippen molar-refractivity contribution in [1.29, 1.82) is 0 Å². The summed E-state index contributed by atoms with van der Waals surface area (Å²) in [6.07, 6.45) is 18.8. The Balaban J connectivity index is 0.00000106. The van der Waals surface area contributed by atoms with Crippen molar-refractivity contribution >= 4 is 0 Å². The standard InChI is InChI=1S/C18H22O.C2H6/c1-4-7-15-9-6-10-17-12-14(13-19-3)11-16(8-5-2)18(15)17;1-2/h5-12,18H,4,13H2,1-3H3;1-2H3/b8-5+,15-7-;. The summed E-state index contributed by atoms with van der Waals surface area (Å²) in [6, 6.07) is 0. The molecule has 0 aromatic heterocycles. The Kier molecular flexibility index (Phi) is 7.78. The monoisotopic (exact) mass is 284 g/mol. The second-order valence-corrected chi connectivity index (χ2v) is 4.87. The third-order valence-corrected chi connectivity index (χ3v) is 3.39. The maximum Gasteiger partial charge on any atom is 0.0713 e. The Labute approximate surface area is 130 Å². The van der Waals surface area contributed by atoms with E-state index in [1.807, 2.05) is 13.8 Å². The summed E-state index contributed by atoms with van der Waals surface area (Å²) in [5.74, 6) is 0.391. The highest BCUT2D eigenvalue weighted by molar-refractivity contribution is 5.57. The van der Waals surface area contributed by atoms with Gasteiger partial charge in [-0.3, -0.25) is 0 Å². The van der Waals surface area contributed by atoms with Crippen LogP contribution in [0.2, 0.25) is 0 Å². The van der Waals surface area contributed by atoms with Crippen molar-refractivity contribution in [3.63, 3.8) is 0 Å². The predicted octanol–water partition coefficient (Wildman–Crippen LogP) is 5.55. The smallest absolute Gasteiger partial charge is 0.0713 e. The van der Waals surface area contributed by atoms with E-state index in [4.69, 9.17) is 4.74 Å². The highest BCUT2D eigenvalue weighted by Crippen LogP contribution is 2.38. The molecule has 0 radical (unpaired) electrons. The van der Waals surface area contributed by atoms with Crippen LogP contribution in [-0.2, 0) is 4.74 Å². The first kappa shape index (κ1) is 17.5. The van der Waals surface area contributed by atoms with Gasteiger partial charge < -0.3 is 4.74 Å². The molecule has 0 aromatic carbocycles. The van der Waals surface area contributed by atoms with Crippen LogP contribution in [0, 0.1) is 5.92 Å². The first-order chi connectivity index (χ1) is 10.3. The highest BCUT2D eigenvalue weighted by Gasteiger charge is 2.24. The summed E-state index contributed by atoms with van der Waals surface area (Å²) in [4.78, 5) is 0. The molecule has 114 valence electrons. The Morgan fingerprint density at radius 3 is 2.62 bits per heavy atom. The van der Waals surface area contributed by atoms with Crippen LogP contribution >= 0.6 is 0 Å². The van der Waals surface area contributed by atoms with Gasteiger partial charge in [-0.1, -0.05) is 69.4 Å². The van der Waals surface area contributed by atoms with E-state index in [9.17, 15) is 0 Å². The summed E-state index contributed by atoms with van der Waals surface area (Å²) in [5, 5.41) is 0. The highest BCUT2D eigenvalue weighted by atomic mass is 16.5. The van der Waals surface area contributed by atoms with Crippen molar-refractivity contribution in [3.05, 3.63) is 70.9 Å². The lowest BCUT2D eigenvalue weighted by molar-refractivity contribution is 0.228. The van der Waals surface area contributed by atoms with E-state index in [-0.39, 0.29) is 0 Å². The zero-order valence-electron chi connectivity index (χ0n) is 14.0. The van der Waals surface area contributed by atoms with E-state index in [2.05, 4.69) is 62.5 Å². The van der Waals surface area contributed by atoms with Gasteiger partial charge in [0.15, 0.2) is 0 Å². The van der Waals surface area contributed by atoms with Crippen molar-refractivity contribution in [2.75, 3.05) is 13.7 Å². The molecule has 1 atom stereocenters. The first-order valence-corrected chi connectivity index (χ1v) is 7.92. The molecule has 0 amide bonds. The third kappa shape index (κ3) is 4.44. The van der Waals surface area contributed by atoms with Crippen LogP contribution in [0.4, 0.5) is 0 Å². The molecule has 1 heteroatoms. The molecular weight excluding hydrogens is 256 g/mol. The maximum absolute atomic E-state index is 5.27. The van der Waals surface area contributed by atoms with Crippen LogP contribution in [0.1, 0.15) is 34.1 Å². The molecule has 1 nitrogen and oxygen atoms in total. The van der Waals surface area contributed by atoms with Crippen molar-refractivity contribution in [3.8, 4) is 0 Å². The van der Waals surface area contributed by atoms with Gasteiger partial charge in [0.1, 0.15) is 0 Å². The van der Waals surface area contributed by atoms with Crippen LogP contribution in [0.15, 0.2) is 70.9 Å². The first-order valence-electron chi connectivity index (χ1n) is 7.92. The summed E-state index contributed by atoms with van der Waals surface area (Å²) >= 11 is 0. The average molecular weight is 284 g/mol. The molecule has 0 spiro atoms. The van der Waals surface area contributed by atoms with Crippen LogP contribution in [0.25, 0.3) is 0 Å². The molecule has 0 bridgehead atoms. The van der Waals surface area contributed by atoms with Gasteiger partial charge in [-0.2, -0.15) is 0 Å². The van der Waals surface area contributed by atoms with Crippen molar-refractivity contribution in [2.45, 2.75) is 34.1 Å². The second kappa shape index (κ2) is 9.36. The largest absolute Gasteiger partial charge is 0.380 e. The maximum atomic E-state index is 5.27. The molecule has 0 saturated carbocycles. The van der Waals surface area contributed by atoms with Crippen LogP contribution in [-0.4, -0.2) is 13.7 Å². The number of allylic oxidation sites excluding steroid dienone is 10. The minimum Gasteiger partial charge on any atom is -0.380 e. The quantitative estimate of drug-likeness (QED) is 0.657. The number of fused-ring (bicyclic) bond motifs is 1. The number of hydrogen-bond acceptors (Lipinski definition) is 1. The lowest BCUT2D eigenvalue weighted by Gasteiger charge is -2.28. The number of ether oxygens (including phenoxy) is 1. The minimum atomic E-state index is 0.391. The molecule has 21 heavy (non-hydrogen) atoms. The summed E-state index contributed by atoms with van der Waals surface area (Å²) in [7, 11) is 1.74. The van der Waals surface area contributed by atoms with Gasteiger partial charge in [-0.25, -0.2) is 0 Å². The fourth-order valence-electron chi connectivity index (χ4n) is 2.73. The van der Waals surface area contributed by atoms with E-state index in [1.165, 1.54) is 22.3 Å². The van der Waals surface area contributed by atoms with Gasteiger partial charge in [0, 0.05) is 13.0 Å². The van der Waals surface area contributed by atoms with Gasteiger partial charge in [-0.15, -0.1) is 0 Å². The van der Waals surface area contributed by atoms with Crippen molar-refractivity contribution < 1.29 is 4.74 Å². The number of rotatable bonds is 4. The Hall–Kier alpha value is -1.60. The molecule has 0 aromatic rings.